The molecule has 0 spiro atoms. The van der Waals surface area contributed by atoms with E-state index in [-0.39, 0.29) is 5.96 Å². The van der Waals surface area contributed by atoms with E-state index in [2.05, 4.69) is 16.8 Å². The van der Waals surface area contributed by atoms with E-state index in [0.717, 1.165) is 17.0 Å². The number of aromatic nitrogens is 2. The monoisotopic (exact) mass is 228 g/mol. The van der Waals surface area contributed by atoms with Gasteiger partial charge in [-0.3, -0.25) is 5.41 Å². The van der Waals surface area contributed by atoms with Crippen LogP contribution >= 0.6 is 0 Å². The Morgan fingerprint density at radius 1 is 1.47 bits per heavy atom. The summed E-state index contributed by atoms with van der Waals surface area (Å²) in [6.07, 6.45) is 1.67. The fraction of sp³-hybridized carbons (Fsp3) is 0.0833. The van der Waals surface area contributed by atoms with Gasteiger partial charge in [-0.05, 0) is 24.9 Å². The Balaban J connectivity index is 2.36. The molecule has 0 aliphatic heterocycles. The van der Waals surface area contributed by atoms with E-state index in [9.17, 15) is 0 Å². The largest absolute Gasteiger partial charge is 0.497 e. The van der Waals surface area contributed by atoms with Crippen molar-refractivity contribution in [3.8, 4) is 17.0 Å². The van der Waals surface area contributed by atoms with Crippen molar-refractivity contribution in [1.82, 2.24) is 9.78 Å². The number of ether oxygens (including phenoxy) is 1. The molecular formula is C12H12N4O. The maximum Gasteiger partial charge on any atom is 0.242 e. The molecular weight excluding hydrogens is 216 g/mol. The first kappa shape index (κ1) is 11.1. The molecule has 0 aliphatic rings. The second kappa shape index (κ2) is 4.61. The average molecular weight is 228 g/mol. The third-order valence-corrected chi connectivity index (χ3v) is 2.32. The predicted molar refractivity (Wildman–Crippen MR) is 66.9 cm³/mol. The molecule has 5 nitrogen and oxygen atoms in total. The zero-order chi connectivity index (χ0) is 12.3. The van der Waals surface area contributed by atoms with Crippen LogP contribution in [0.25, 0.3) is 11.3 Å². The molecule has 0 radical (unpaired) electrons. The van der Waals surface area contributed by atoms with Crippen molar-refractivity contribution >= 4 is 12.7 Å². The van der Waals surface area contributed by atoms with Gasteiger partial charge in [-0.2, -0.15) is 5.10 Å². The molecule has 1 aromatic carbocycles. The first-order chi connectivity index (χ1) is 8.24. The van der Waals surface area contributed by atoms with E-state index in [1.54, 1.807) is 13.3 Å². The van der Waals surface area contributed by atoms with Gasteiger partial charge in [0.15, 0.2) is 0 Å². The summed E-state index contributed by atoms with van der Waals surface area (Å²) in [5.74, 6) is 0.771. The van der Waals surface area contributed by atoms with E-state index in [1.165, 1.54) is 4.68 Å². The lowest BCUT2D eigenvalue weighted by molar-refractivity contribution is 0.415. The summed E-state index contributed by atoms with van der Waals surface area (Å²) in [5.41, 5.74) is 1.69. The molecule has 0 saturated carbocycles. The van der Waals surface area contributed by atoms with Crippen molar-refractivity contribution in [1.29, 1.82) is 5.41 Å². The SMILES string of the molecule is C=NC(=N)n1ccc(-c2cccc(OC)c2)n1. The number of hydrogen-bond acceptors (Lipinski definition) is 3. The Bertz CT molecular complexity index is 559. The maximum atomic E-state index is 7.48. The summed E-state index contributed by atoms with van der Waals surface area (Å²) in [7, 11) is 1.62. The van der Waals surface area contributed by atoms with Crippen molar-refractivity contribution in [2.45, 2.75) is 0 Å². The molecule has 0 saturated heterocycles. The molecule has 1 heterocycles. The summed E-state index contributed by atoms with van der Waals surface area (Å²) >= 11 is 0. The Kier molecular flexibility index (Phi) is 3.00. The van der Waals surface area contributed by atoms with E-state index < -0.39 is 0 Å². The molecule has 2 aromatic rings. The molecule has 1 N–H and O–H groups in total. The first-order valence-corrected chi connectivity index (χ1v) is 5.00. The third-order valence-electron chi connectivity index (χ3n) is 2.32. The van der Waals surface area contributed by atoms with E-state index in [1.807, 2.05) is 30.3 Å². The molecule has 0 unspecified atom stereocenters. The minimum Gasteiger partial charge on any atom is -0.497 e. The van der Waals surface area contributed by atoms with E-state index in [0.29, 0.717) is 0 Å². The highest BCUT2D eigenvalue weighted by Gasteiger charge is 2.05. The Morgan fingerprint density at radius 2 is 2.29 bits per heavy atom. The fourth-order valence-corrected chi connectivity index (χ4v) is 1.45. The van der Waals surface area contributed by atoms with E-state index >= 15 is 0 Å². The van der Waals surface area contributed by atoms with Crippen molar-refractivity contribution in [2.24, 2.45) is 4.99 Å². The van der Waals surface area contributed by atoms with Crippen LogP contribution in [-0.4, -0.2) is 29.6 Å². The van der Waals surface area contributed by atoms with Gasteiger partial charge in [0.1, 0.15) is 5.75 Å². The fourth-order valence-electron chi connectivity index (χ4n) is 1.45. The van der Waals surface area contributed by atoms with Gasteiger partial charge in [0, 0.05) is 11.8 Å². The van der Waals surface area contributed by atoms with Gasteiger partial charge >= 0.3 is 0 Å². The van der Waals surface area contributed by atoms with Crippen LogP contribution in [0, 0.1) is 5.41 Å². The summed E-state index contributed by atoms with van der Waals surface area (Å²) in [6, 6.07) is 9.39. The second-order valence-electron chi connectivity index (χ2n) is 3.36. The lowest BCUT2D eigenvalue weighted by Crippen LogP contribution is -2.07. The van der Waals surface area contributed by atoms with Gasteiger partial charge in [-0.25, -0.2) is 9.67 Å². The maximum absolute atomic E-state index is 7.48. The smallest absolute Gasteiger partial charge is 0.242 e. The number of aliphatic imine (C=N–C) groups is 1. The van der Waals surface area contributed by atoms with Crippen LogP contribution in [-0.2, 0) is 0 Å². The topological polar surface area (TPSA) is 63.3 Å². The van der Waals surface area contributed by atoms with Crippen LogP contribution in [0.15, 0.2) is 41.5 Å². The number of nitrogens with zero attached hydrogens (tertiary/aromatic N) is 3. The number of nitrogens with one attached hydrogen (secondary N) is 1. The second-order valence-corrected chi connectivity index (χ2v) is 3.36. The van der Waals surface area contributed by atoms with Gasteiger partial charge in [-0.1, -0.05) is 12.1 Å². The van der Waals surface area contributed by atoms with Crippen LogP contribution in [0.3, 0.4) is 0 Å². The number of hydrogen-bond donors (Lipinski definition) is 1. The molecule has 0 bridgehead atoms. The first-order valence-electron chi connectivity index (χ1n) is 5.00. The highest BCUT2D eigenvalue weighted by molar-refractivity contribution is 5.83. The van der Waals surface area contributed by atoms with Crippen LogP contribution < -0.4 is 4.74 Å². The van der Waals surface area contributed by atoms with Gasteiger partial charge in [0.2, 0.25) is 5.96 Å². The normalized spacial score (nSPS) is 9.94. The average Bonchev–Trinajstić information content (AvgIpc) is 2.87. The zero-order valence-corrected chi connectivity index (χ0v) is 9.42. The lowest BCUT2D eigenvalue weighted by atomic mass is 10.1. The van der Waals surface area contributed by atoms with Crippen LogP contribution in [0.4, 0.5) is 0 Å². The highest BCUT2D eigenvalue weighted by Crippen LogP contribution is 2.21. The summed E-state index contributed by atoms with van der Waals surface area (Å²) in [6.45, 7) is 3.29. The van der Waals surface area contributed by atoms with E-state index in [4.69, 9.17) is 10.1 Å². The number of benzene rings is 1. The van der Waals surface area contributed by atoms with Crippen LogP contribution in [0.5, 0.6) is 5.75 Å². The molecule has 0 amide bonds. The Labute approximate surface area is 98.9 Å². The number of rotatable bonds is 2. The Morgan fingerprint density at radius 3 is 3.00 bits per heavy atom. The van der Waals surface area contributed by atoms with Crippen LogP contribution in [0.1, 0.15) is 0 Å². The number of methoxy groups -OCH3 is 1. The molecule has 2 rings (SSSR count). The standard InChI is InChI=1S/C12H12N4O/c1-14-12(13)16-7-6-11(15-16)9-4-3-5-10(8-9)17-2/h3-8,13H,1H2,2H3. The molecule has 17 heavy (non-hydrogen) atoms. The van der Waals surface area contributed by atoms with Gasteiger partial charge < -0.3 is 4.74 Å². The lowest BCUT2D eigenvalue weighted by Gasteiger charge is -2.01. The molecule has 86 valence electrons. The van der Waals surface area contributed by atoms with Gasteiger partial charge in [0.05, 0.1) is 12.8 Å². The minimum atomic E-state index is -0.000791. The molecule has 0 fully saturated rings. The third kappa shape index (κ3) is 2.23. The van der Waals surface area contributed by atoms with Crippen LogP contribution in [0.2, 0.25) is 0 Å². The minimum absolute atomic E-state index is 0.000791. The van der Waals surface area contributed by atoms with Crippen molar-refractivity contribution in [3.05, 3.63) is 36.5 Å². The van der Waals surface area contributed by atoms with Crippen molar-refractivity contribution in [2.75, 3.05) is 7.11 Å². The quantitative estimate of drug-likeness (QED) is 0.631. The summed E-state index contributed by atoms with van der Waals surface area (Å²) in [5, 5.41) is 11.7. The van der Waals surface area contributed by atoms with Crippen molar-refractivity contribution in [3.63, 3.8) is 0 Å². The summed E-state index contributed by atoms with van der Waals surface area (Å²) < 4.78 is 6.51. The van der Waals surface area contributed by atoms with Gasteiger partial charge in [-0.15, -0.1) is 0 Å². The summed E-state index contributed by atoms with van der Waals surface area (Å²) in [4.78, 5) is 3.51. The zero-order valence-electron chi connectivity index (χ0n) is 9.42. The Hall–Kier alpha value is -2.43. The molecule has 0 aliphatic carbocycles. The highest BCUT2D eigenvalue weighted by atomic mass is 16.5. The molecule has 0 atom stereocenters. The molecule has 1 aromatic heterocycles. The van der Waals surface area contributed by atoms with Gasteiger partial charge in [0.25, 0.3) is 0 Å². The predicted octanol–water partition coefficient (Wildman–Crippen LogP) is 2.04. The molecule has 5 heteroatoms. The van der Waals surface area contributed by atoms with Crippen molar-refractivity contribution < 1.29 is 4.74 Å².